The van der Waals surface area contributed by atoms with Gasteiger partial charge in [0.25, 0.3) is 0 Å². The predicted molar refractivity (Wildman–Crippen MR) is 168 cm³/mol. The van der Waals surface area contributed by atoms with E-state index < -0.39 is 17.2 Å². The predicted octanol–water partition coefficient (Wildman–Crippen LogP) is 11.1. The minimum atomic E-state index is -0.653. The van der Waals surface area contributed by atoms with Crippen LogP contribution in [0, 0.1) is 0 Å². The number of carboxylic acid groups (broad SMARTS) is 1. The maximum atomic E-state index is 10.3. The molecule has 0 aliphatic carbocycles. The molecule has 228 valence electrons. The van der Waals surface area contributed by atoms with E-state index in [1.54, 1.807) is 0 Å². The van der Waals surface area contributed by atoms with Gasteiger partial charge in [-0.15, -0.1) is 0 Å². The van der Waals surface area contributed by atoms with Gasteiger partial charge in [-0.1, -0.05) is 157 Å². The SMILES string of the molecule is CC(C)(OOC(C)(C)c1ccccc1)c1ccccc1.CCCCCCCCCCCCCCCCCC(=O)O.[Zn]. The van der Waals surface area contributed by atoms with Gasteiger partial charge < -0.3 is 5.11 Å². The number of unbranched alkanes of at least 4 members (excludes halogenated alkanes) is 14. The Morgan fingerprint density at radius 3 is 1.15 bits per heavy atom. The summed E-state index contributed by atoms with van der Waals surface area (Å²) in [5.41, 5.74) is 1.19. The number of carboxylic acids is 1. The molecular weight excluding hydrogens is 562 g/mol. The Morgan fingerprint density at radius 1 is 0.561 bits per heavy atom. The van der Waals surface area contributed by atoms with E-state index in [0.717, 1.165) is 24.0 Å². The summed E-state index contributed by atoms with van der Waals surface area (Å²) in [6.07, 6.45) is 20.2. The number of rotatable bonds is 21. The van der Waals surface area contributed by atoms with Crippen molar-refractivity contribution in [2.45, 2.75) is 149 Å². The van der Waals surface area contributed by atoms with Crippen molar-refractivity contribution >= 4 is 5.97 Å². The zero-order chi connectivity index (χ0) is 29.5. The summed E-state index contributed by atoms with van der Waals surface area (Å²) in [6.45, 7) is 10.3. The van der Waals surface area contributed by atoms with Crippen LogP contribution in [0.1, 0.15) is 148 Å². The van der Waals surface area contributed by atoms with Gasteiger partial charge in [0.15, 0.2) is 0 Å². The van der Waals surface area contributed by atoms with E-state index in [0.29, 0.717) is 6.42 Å². The molecule has 5 heteroatoms. The van der Waals surface area contributed by atoms with Gasteiger partial charge in [0.1, 0.15) is 11.2 Å². The third kappa shape index (κ3) is 20.1. The fourth-order valence-electron chi connectivity index (χ4n) is 4.63. The van der Waals surface area contributed by atoms with Crippen LogP contribution in [0.3, 0.4) is 0 Å². The summed E-state index contributed by atoms with van der Waals surface area (Å²) in [6, 6.07) is 20.2. The molecule has 0 bridgehead atoms. The number of hydrogen-bond donors (Lipinski definition) is 1. The summed E-state index contributed by atoms with van der Waals surface area (Å²) in [7, 11) is 0. The molecule has 2 aromatic carbocycles. The zero-order valence-corrected chi connectivity index (χ0v) is 29.9. The smallest absolute Gasteiger partial charge is 0.303 e. The number of aliphatic carboxylic acids is 1. The molecule has 0 aliphatic rings. The van der Waals surface area contributed by atoms with Crippen molar-refractivity contribution in [2.24, 2.45) is 0 Å². The van der Waals surface area contributed by atoms with Crippen molar-refractivity contribution in [3.05, 3.63) is 71.8 Å². The van der Waals surface area contributed by atoms with E-state index in [2.05, 4.69) is 6.92 Å². The average molecular weight is 620 g/mol. The monoisotopic (exact) mass is 618 g/mol. The first kappa shape index (κ1) is 39.5. The van der Waals surface area contributed by atoms with E-state index in [4.69, 9.17) is 14.9 Å². The van der Waals surface area contributed by atoms with Gasteiger partial charge in [0, 0.05) is 25.9 Å². The Labute approximate surface area is 264 Å². The van der Waals surface area contributed by atoms with Crippen LogP contribution < -0.4 is 0 Å². The van der Waals surface area contributed by atoms with Gasteiger partial charge in [-0.3, -0.25) is 4.79 Å². The molecule has 0 aromatic heterocycles. The van der Waals surface area contributed by atoms with E-state index in [9.17, 15) is 4.79 Å². The first-order valence-electron chi connectivity index (χ1n) is 15.9. The van der Waals surface area contributed by atoms with E-state index in [1.165, 1.54) is 83.5 Å². The molecule has 4 nitrogen and oxygen atoms in total. The molecule has 0 heterocycles. The van der Waals surface area contributed by atoms with Crippen molar-refractivity contribution in [3.63, 3.8) is 0 Å². The Morgan fingerprint density at radius 2 is 0.854 bits per heavy atom. The van der Waals surface area contributed by atoms with Crippen LogP contribution in [0.4, 0.5) is 0 Å². The van der Waals surface area contributed by atoms with Gasteiger partial charge >= 0.3 is 5.97 Å². The maximum Gasteiger partial charge on any atom is 0.303 e. The third-order valence-corrected chi connectivity index (χ3v) is 7.39. The van der Waals surface area contributed by atoms with Crippen molar-refractivity contribution in [1.82, 2.24) is 0 Å². The Balaban J connectivity index is 0.000000762. The summed E-state index contributed by atoms with van der Waals surface area (Å²) < 4.78 is 0. The molecule has 0 radical (unpaired) electrons. The van der Waals surface area contributed by atoms with Crippen LogP contribution in [0.15, 0.2) is 60.7 Å². The summed E-state index contributed by atoms with van der Waals surface area (Å²) in [5.74, 6) is -0.653. The first-order chi connectivity index (χ1) is 19.2. The van der Waals surface area contributed by atoms with E-state index in [1.807, 2.05) is 88.4 Å². The second kappa shape index (κ2) is 24.0. The Kier molecular flexibility index (Phi) is 23.1. The van der Waals surface area contributed by atoms with Gasteiger partial charge in [0.05, 0.1) is 0 Å². The molecule has 0 fully saturated rings. The molecule has 0 spiro atoms. The van der Waals surface area contributed by atoms with Gasteiger partial charge in [-0.25, -0.2) is 9.78 Å². The van der Waals surface area contributed by atoms with Crippen molar-refractivity contribution in [1.29, 1.82) is 0 Å². The summed E-state index contributed by atoms with van der Waals surface area (Å²) in [4.78, 5) is 21.8. The molecule has 0 saturated heterocycles. The summed E-state index contributed by atoms with van der Waals surface area (Å²) in [5, 5.41) is 8.52. The molecule has 2 aromatic rings. The van der Waals surface area contributed by atoms with E-state index >= 15 is 0 Å². The van der Waals surface area contributed by atoms with Crippen molar-refractivity contribution in [2.75, 3.05) is 0 Å². The third-order valence-electron chi connectivity index (χ3n) is 7.39. The van der Waals surface area contributed by atoms with Gasteiger partial charge in [-0.05, 0) is 45.2 Å². The minimum Gasteiger partial charge on any atom is -0.481 e. The van der Waals surface area contributed by atoms with Crippen LogP contribution in [0.5, 0.6) is 0 Å². The molecule has 1 N–H and O–H groups in total. The minimum absolute atomic E-state index is 0. The molecule has 0 saturated carbocycles. The largest absolute Gasteiger partial charge is 0.481 e. The molecule has 2 rings (SSSR count). The topological polar surface area (TPSA) is 55.8 Å². The normalized spacial score (nSPS) is 11.3. The van der Waals surface area contributed by atoms with Gasteiger partial charge in [-0.2, -0.15) is 0 Å². The number of benzene rings is 2. The van der Waals surface area contributed by atoms with Crippen LogP contribution in [-0.4, -0.2) is 11.1 Å². The number of carbonyl (C=O) groups is 1. The van der Waals surface area contributed by atoms with Crippen molar-refractivity contribution < 1.29 is 39.2 Å². The second-order valence-corrected chi connectivity index (χ2v) is 12.0. The van der Waals surface area contributed by atoms with Crippen molar-refractivity contribution in [3.8, 4) is 0 Å². The van der Waals surface area contributed by atoms with Crippen LogP contribution in [-0.2, 0) is 45.2 Å². The van der Waals surface area contributed by atoms with Crippen LogP contribution >= 0.6 is 0 Å². The fraction of sp³-hybridized carbons (Fsp3) is 0.639. The molecule has 0 aliphatic heterocycles. The van der Waals surface area contributed by atoms with Gasteiger partial charge in [0.2, 0.25) is 0 Å². The molecule has 0 atom stereocenters. The average Bonchev–Trinajstić information content (AvgIpc) is 2.95. The first-order valence-corrected chi connectivity index (χ1v) is 15.9. The molecule has 0 amide bonds. The fourth-order valence-corrected chi connectivity index (χ4v) is 4.63. The van der Waals surface area contributed by atoms with Crippen LogP contribution in [0.2, 0.25) is 0 Å². The molecular formula is C36H58O4Zn. The quantitative estimate of drug-likeness (QED) is 0.0653. The Hall–Kier alpha value is -1.55. The Bertz CT molecular complexity index is 816. The van der Waals surface area contributed by atoms with Crippen LogP contribution in [0.25, 0.3) is 0 Å². The van der Waals surface area contributed by atoms with E-state index in [-0.39, 0.29) is 19.5 Å². The number of hydrogen-bond acceptors (Lipinski definition) is 3. The zero-order valence-electron chi connectivity index (χ0n) is 27.0. The second-order valence-electron chi connectivity index (χ2n) is 12.0. The summed E-state index contributed by atoms with van der Waals surface area (Å²) >= 11 is 0. The molecule has 41 heavy (non-hydrogen) atoms. The molecule has 0 unspecified atom stereocenters. The maximum absolute atomic E-state index is 10.3. The standard InChI is InChI=1S/C18H22O2.C18H36O2.Zn/c1-17(2,15-11-7-5-8-12-15)19-20-18(3,4)16-13-9-6-10-14-16;1-2-3-4-5-6-7-8-9-10-11-12-13-14-15-16-17-18(19)20;/h5-14H,1-4H3;2-17H2,1H3,(H,19,20);.